The second kappa shape index (κ2) is 8.39. The molecule has 1 aliphatic rings. The highest BCUT2D eigenvalue weighted by atomic mass is 35.5. The third kappa shape index (κ3) is 4.86. The van der Waals surface area contributed by atoms with E-state index in [-0.39, 0.29) is 12.1 Å². The molecule has 1 aromatic carbocycles. The summed E-state index contributed by atoms with van der Waals surface area (Å²) in [5, 5.41) is 6.50. The zero-order chi connectivity index (χ0) is 19.4. The minimum absolute atomic E-state index is 0.220. The molecule has 27 heavy (non-hydrogen) atoms. The van der Waals surface area contributed by atoms with Crippen molar-refractivity contribution in [2.45, 2.75) is 25.4 Å². The van der Waals surface area contributed by atoms with Gasteiger partial charge in [0.25, 0.3) is 11.8 Å². The zero-order valence-corrected chi connectivity index (χ0v) is 16.6. The van der Waals surface area contributed by atoms with Gasteiger partial charge in [0.2, 0.25) is 0 Å². The summed E-state index contributed by atoms with van der Waals surface area (Å²) in [6.45, 7) is 0.220. The number of nitrogens with one attached hydrogen (secondary N) is 2. The molecule has 1 saturated heterocycles. The summed E-state index contributed by atoms with van der Waals surface area (Å²) in [6, 6.07) is 7.86. The summed E-state index contributed by atoms with van der Waals surface area (Å²) in [7, 11) is -4.09. The Labute approximate surface area is 166 Å². The van der Waals surface area contributed by atoms with E-state index in [9.17, 15) is 18.0 Å². The predicted octanol–water partition coefficient (Wildman–Crippen LogP) is 2.62. The minimum atomic E-state index is -4.09. The summed E-state index contributed by atoms with van der Waals surface area (Å²) in [5.74, 6) is -1.09. The van der Waals surface area contributed by atoms with Crippen molar-refractivity contribution in [2.75, 3.05) is 6.54 Å². The highest BCUT2D eigenvalue weighted by Gasteiger charge is 2.34. The largest absolute Gasteiger partial charge is 0.335 e. The van der Waals surface area contributed by atoms with E-state index in [1.807, 2.05) is 0 Å². The Kier molecular flexibility index (Phi) is 6.15. The van der Waals surface area contributed by atoms with Crippen molar-refractivity contribution in [3.8, 4) is 0 Å². The van der Waals surface area contributed by atoms with Crippen LogP contribution in [0, 0.1) is 0 Å². The lowest BCUT2D eigenvalue weighted by molar-refractivity contribution is 0.0882. The molecule has 0 spiro atoms. The number of benzene rings is 1. The van der Waals surface area contributed by atoms with Crippen molar-refractivity contribution < 1.29 is 18.0 Å². The number of thiophene rings is 1. The van der Waals surface area contributed by atoms with Crippen LogP contribution in [0.15, 0.2) is 41.1 Å². The molecule has 0 saturated carbocycles. The number of piperidine rings is 1. The molecule has 2 amide bonds. The smallest absolute Gasteiger partial charge is 0.305 e. The first kappa shape index (κ1) is 19.8. The first-order chi connectivity index (χ1) is 12.9. The molecule has 2 N–H and O–H groups in total. The van der Waals surface area contributed by atoms with E-state index in [0.717, 1.165) is 10.7 Å². The first-order valence-corrected chi connectivity index (χ1v) is 11.1. The average molecular weight is 428 g/mol. The van der Waals surface area contributed by atoms with Gasteiger partial charge in [0.05, 0.1) is 11.7 Å². The van der Waals surface area contributed by atoms with Crippen molar-refractivity contribution in [3.05, 3.63) is 57.2 Å². The topological polar surface area (TPSA) is 95.6 Å². The van der Waals surface area contributed by atoms with E-state index in [1.54, 1.807) is 41.1 Å². The number of hydrogen-bond acceptors (Lipinski definition) is 5. The number of rotatable bonds is 5. The van der Waals surface area contributed by atoms with Gasteiger partial charge in [-0.25, -0.2) is 4.72 Å². The monoisotopic (exact) mass is 427 g/mol. The van der Waals surface area contributed by atoms with Crippen LogP contribution in [0.1, 0.15) is 40.0 Å². The zero-order valence-electron chi connectivity index (χ0n) is 14.2. The van der Waals surface area contributed by atoms with E-state index in [4.69, 9.17) is 11.6 Å². The van der Waals surface area contributed by atoms with Crippen molar-refractivity contribution in [1.29, 1.82) is 0 Å². The third-order valence-corrected chi connectivity index (χ3v) is 6.60. The summed E-state index contributed by atoms with van der Waals surface area (Å²) in [5.41, 5.74) is 0.659. The van der Waals surface area contributed by atoms with Crippen molar-refractivity contribution in [1.82, 2.24) is 14.3 Å². The molecule has 2 aromatic rings. The Hall–Kier alpha value is -1.94. The fourth-order valence-electron chi connectivity index (χ4n) is 2.80. The van der Waals surface area contributed by atoms with Crippen LogP contribution in [-0.2, 0) is 10.2 Å². The van der Waals surface area contributed by atoms with Gasteiger partial charge in [-0.3, -0.25) is 9.59 Å². The van der Waals surface area contributed by atoms with E-state index in [2.05, 4.69) is 10.0 Å². The lowest BCUT2D eigenvalue weighted by Gasteiger charge is -2.34. The van der Waals surface area contributed by atoms with Gasteiger partial charge in [-0.05, 0) is 55.0 Å². The highest BCUT2D eigenvalue weighted by Crippen LogP contribution is 2.19. The molecular formula is C17H18ClN3O4S2. The van der Waals surface area contributed by atoms with Gasteiger partial charge in [-0.1, -0.05) is 11.6 Å². The van der Waals surface area contributed by atoms with Crippen molar-refractivity contribution >= 4 is 45.0 Å². The molecule has 10 heteroatoms. The predicted molar refractivity (Wildman–Crippen MR) is 104 cm³/mol. The van der Waals surface area contributed by atoms with Gasteiger partial charge in [0.1, 0.15) is 0 Å². The van der Waals surface area contributed by atoms with Crippen LogP contribution in [0.3, 0.4) is 0 Å². The molecule has 2 heterocycles. The van der Waals surface area contributed by atoms with Gasteiger partial charge >= 0.3 is 10.2 Å². The van der Waals surface area contributed by atoms with E-state index in [0.29, 0.717) is 23.4 Å². The summed E-state index contributed by atoms with van der Waals surface area (Å²) in [4.78, 5) is 24.6. The van der Waals surface area contributed by atoms with E-state index in [1.165, 1.54) is 11.3 Å². The molecule has 1 aromatic heterocycles. The Morgan fingerprint density at radius 2 is 1.81 bits per heavy atom. The van der Waals surface area contributed by atoms with Crippen LogP contribution in [0.25, 0.3) is 0 Å². The third-order valence-electron chi connectivity index (χ3n) is 4.17. The number of carbonyl (C=O) groups excluding carboxylic acids is 2. The van der Waals surface area contributed by atoms with Crippen LogP contribution in [0.5, 0.6) is 0 Å². The molecule has 1 fully saturated rings. The maximum Gasteiger partial charge on any atom is 0.305 e. The van der Waals surface area contributed by atoms with Crippen LogP contribution < -0.4 is 10.0 Å². The molecule has 144 valence electrons. The van der Waals surface area contributed by atoms with Gasteiger partial charge in [0.15, 0.2) is 0 Å². The summed E-state index contributed by atoms with van der Waals surface area (Å²) >= 11 is 7.12. The first-order valence-electron chi connectivity index (χ1n) is 8.29. The lowest BCUT2D eigenvalue weighted by Crippen LogP contribution is -2.56. The maximum absolute atomic E-state index is 12.7. The number of hydrogen-bond donors (Lipinski definition) is 2. The Balaban J connectivity index is 1.73. The normalized spacial score (nSPS) is 18.0. The van der Waals surface area contributed by atoms with Gasteiger partial charge in [-0.15, -0.1) is 0 Å². The van der Waals surface area contributed by atoms with Crippen LogP contribution >= 0.6 is 22.9 Å². The minimum Gasteiger partial charge on any atom is -0.335 e. The van der Waals surface area contributed by atoms with Gasteiger partial charge < -0.3 is 5.32 Å². The molecule has 0 radical (unpaired) electrons. The Bertz CT molecular complexity index is 914. The molecule has 3 rings (SSSR count). The van der Waals surface area contributed by atoms with Gasteiger partial charge in [0, 0.05) is 22.5 Å². The second-order valence-corrected chi connectivity index (χ2v) is 8.89. The molecule has 1 unspecified atom stereocenters. The van der Waals surface area contributed by atoms with Crippen molar-refractivity contribution in [2.24, 2.45) is 0 Å². The van der Waals surface area contributed by atoms with Crippen LogP contribution in [0.2, 0.25) is 5.02 Å². The molecule has 1 atom stereocenters. The summed E-state index contributed by atoms with van der Waals surface area (Å²) < 4.78 is 28.6. The lowest BCUT2D eigenvalue weighted by atomic mass is 10.1. The fourth-order valence-corrected chi connectivity index (χ4v) is 4.90. The second-order valence-electron chi connectivity index (χ2n) is 6.05. The fraction of sp³-hybridized carbons (Fsp3) is 0.294. The van der Waals surface area contributed by atoms with Gasteiger partial charge in [-0.2, -0.15) is 24.1 Å². The van der Waals surface area contributed by atoms with Crippen LogP contribution in [-0.4, -0.2) is 37.2 Å². The Morgan fingerprint density at radius 1 is 1.07 bits per heavy atom. The maximum atomic E-state index is 12.7. The molecule has 0 aliphatic carbocycles. The summed E-state index contributed by atoms with van der Waals surface area (Å²) in [6.07, 6.45) is 1.17. The van der Waals surface area contributed by atoms with Crippen LogP contribution in [0.4, 0.5) is 0 Å². The van der Waals surface area contributed by atoms with Crippen molar-refractivity contribution in [3.63, 3.8) is 0 Å². The van der Waals surface area contributed by atoms with E-state index < -0.39 is 28.2 Å². The SMILES string of the molecule is O=C(NC1CCCCN1S(=O)(=O)NC(=O)c1ccsc1)c1ccc(Cl)cc1. The molecule has 0 bridgehead atoms. The average Bonchev–Trinajstić information content (AvgIpc) is 3.17. The number of nitrogens with zero attached hydrogens (tertiary/aromatic N) is 1. The number of halogens is 1. The quantitative estimate of drug-likeness (QED) is 0.766. The number of amides is 2. The van der Waals surface area contributed by atoms with E-state index >= 15 is 0 Å². The molecule has 7 nitrogen and oxygen atoms in total. The Morgan fingerprint density at radius 3 is 2.48 bits per heavy atom. The standard InChI is InChI=1S/C17H18ClN3O4S2/c18-14-6-4-12(5-7-14)16(22)19-15-3-1-2-9-21(15)27(24,25)20-17(23)13-8-10-26-11-13/h4-8,10-11,15H,1-3,9H2,(H,19,22)(H,20,23). The highest BCUT2D eigenvalue weighted by molar-refractivity contribution is 7.87. The molecular weight excluding hydrogens is 410 g/mol. The number of carbonyl (C=O) groups is 2. The molecule has 1 aliphatic heterocycles.